The van der Waals surface area contributed by atoms with E-state index in [1.165, 1.54) is 6.07 Å². The zero-order valence-electron chi connectivity index (χ0n) is 14.0. The second kappa shape index (κ2) is 7.58. The predicted octanol–water partition coefficient (Wildman–Crippen LogP) is 5.70. The van der Waals surface area contributed by atoms with Crippen molar-refractivity contribution in [3.8, 4) is 28.0 Å². The molecule has 5 heteroatoms. The molecule has 3 aromatic rings. The molecule has 1 N–H and O–H groups in total. The molecule has 0 aliphatic rings. The summed E-state index contributed by atoms with van der Waals surface area (Å²) in [5.41, 5.74) is 0.986. The highest BCUT2D eigenvalue weighted by atomic mass is 35.5. The van der Waals surface area contributed by atoms with Crippen molar-refractivity contribution in [2.24, 2.45) is 0 Å². The molecule has 0 aliphatic heterocycles. The fourth-order valence-corrected chi connectivity index (χ4v) is 2.90. The molecule has 0 bridgehead atoms. The molecule has 0 atom stereocenters. The van der Waals surface area contributed by atoms with Gasteiger partial charge in [-0.25, -0.2) is 9.18 Å². The van der Waals surface area contributed by atoms with Crippen LogP contribution in [0.5, 0.6) is 5.75 Å². The summed E-state index contributed by atoms with van der Waals surface area (Å²) in [6.07, 6.45) is 0. The molecule has 132 valence electrons. The number of ether oxygens (including phenoxy) is 1. The van der Waals surface area contributed by atoms with Crippen LogP contribution in [0.3, 0.4) is 0 Å². The van der Waals surface area contributed by atoms with Gasteiger partial charge >= 0.3 is 5.97 Å². The molecule has 0 amide bonds. The normalized spacial score (nSPS) is 10.6. The number of halogens is 2. The molecular formula is C21H16ClFO3. The lowest BCUT2D eigenvalue weighted by Crippen LogP contribution is -2.09. The number of rotatable bonds is 4. The van der Waals surface area contributed by atoms with Crippen LogP contribution in [0.25, 0.3) is 22.3 Å². The Balaban J connectivity index is 2.31. The summed E-state index contributed by atoms with van der Waals surface area (Å²) in [4.78, 5) is 12.4. The number of hydrogen-bond donors (Lipinski definition) is 1. The number of carbonyl (C=O) groups is 1. The van der Waals surface area contributed by atoms with Gasteiger partial charge in [0.1, 0.15) is 17.1 Å². The maximum Gasteiger partial charge on any atom is 0.342 e. The maximum atomic E-state index is 15.4. The lowest BCUT2D eigenvalue weighted by atomic mass is 9.92. The molecule has 0 unspecified atom stereocenters. The zero-order chi connectivity index (χ0) is 18.7. The van der Waals surface area contributed by atoms with Crippen LogP contribution in [0.15, 0.2) is 60.7 Å². The first kappa shape index (κ1) is 18.0. The Morgan fingerprint density at radius 2 is 1.73 bits per heavy atom. The third kappa shape index (κ3) is 3.41. The second-order valence-electron chi connectivity index (χ2n) is 5.60. The van der Waals surface area contributed by atoms with E-state index in [4.69, 9.17) is 16.3 Å². The lowest BCUT2D eigenvalue weighted by Gasteiger charge is -2.16. The molecule has 0 fully saturated rings. The Kier molecular flexibility index (Phi) is 5.24. The predicted molar refractivity (Wildman–Crippen MR) is 99.9 cm³/mol. The minimum absolute atomic E-state index is 0.0148. The number of esters is 1. The molecule has 0 saturated carbocycles. The van der Waals surface area contributed by atoms with Crippen LogP contribution < -0.4 is 0 Å². The summed E-state index contributed by atoms with van der Waals surface area (Å²) in [5, 5.41) is 11.0. The summed E-state index contributed by atoms with van der Waals surface area (Å²) in [5.74, 6) is -1.73. The van der Waals surface area contributed by atoms with E-state index in [2.05, 4.69) is 0 Å². The molecule has 3 nitrogen and oxygen atoms in total. The van der Waals surface area contributed by atoms with Gasteiger partial charge in [-0.3, -0.25) is 0 Å². The molecule has 0 heterocycles. The Morgan fingerprint density at radius 3 is 2.35 bits per heavy atom. The third-order valence-electron chi connectivity index (χ3n) is 3.94. The van der Waals surface area contributed by atoms with E-state index >= 15 is 4.39 Å². The maximum absolute atomic E-state index is 15.4. The van der Waals surface area contributed by atoms with Gasteiger partial charge in [-0.15, -0.1) is 0 Å². The molecule has 0 saturated heterocycles. The highest BCUT2D eigenvalue weighted by molar-refractivity contribution is 6.30. The van der Waals surface area contributed by atoms with Crippen molar-refractivity contribution in [3.05, 3.63) is 77.1 Å². The fourth-order valence-electron chi connectivity index (χ4n) is 2.77. The lowest BCUT2D eigenvalue weighted by molar-refractivity contribution is 0.0523. The number of phenolic OH excluding ortho intramolecular Hbond substituents is 1. The number of hydrogen-bond acceptors (Lipinski definition) is 3. The third-order valence-corrected chi connectivity index (χ3v) is 4.19. The molecule has 0 aromatic heterocycles. The van der Waals surface area contributed by atoms with Gasteiger partial charge in [0.05, 0.1) is 6.61 Å². The van der Waals surface area contributed by atoms with E-state index in [0.717, 1.165) is 0 Å². The molecule has 0 spiro atoms. The van der Waals surface area contributed by atoms with Crippen LogP contribution in [-0.2, 0) is 4.74 Å². The van der Waals surface area contributed by atoms with Crippen molar-refractivity contribution in [1.82, 2.24) is 0 Å². The van der Waals surface area contributed by atoms with E-state index in [1.807, 2.05) is 6.07 Å². The van der Waals surface area contributed by atoms with Gasteiger partial charge in [0.25, 0.3) is 0 Å². The van der Waals surface area contributed by atoms with Crippen LogP contribution in [0.2, 0.25) is 5.02 Å². The van der Waals surface area contributed by atoms with Crippen molar-refractivity contribution in [2.75, 3.05) is 6.61 Å². The molecule has 26 heavy (non-hydrogen) atoms. The smallest absolute Gasteiger partial charge is 0.342 e. The first-order valence-corrected chi connectivity index (χ1v) is 8.44. The number of carbonyl (C=O) groups excluding carboxylic acids is 1. The quantitative estimate of drug-likeness (QED) is 0.599. The zero-order valence-corrected chi connectivity index (χ0v) is 14.8. The van der Waals surface area contributed by atoms with Crippen LogP contribution in [0, 0.1) is 5.82 Å². The van der Waals surface area contributed by atoms with E-state index in [9.17, 15) is 9.90 Å². The van der Waals surface area contributed by atoms with Gasteiger partial charge in [0, 0.05) is 16.1 Å². The summed E-state index contributed by atoms with van der Waals surface area (Å²) in [7, 11) is 0. The van der Waals surface area contributed by atoms with Gasteiger partial charge in [-0.1, -0.05) is 54.1 Å². The Bertz CT molecular complexity index is 938. The Morgan fingerprint density at radius 1 is 1.08 bits per heavy atom. The van der Waals surface area contributed by atoms with E-state index in [0.29, 0.717) is 16.1 Å². The minimum Gasteiger partial charge on any atom is -0.507 e. The second-order valence-corrected chi connectivity index (χ2v) is 6.04. The summed E-state index contributed by atoms with van der Waals surface area (Å²) in [6, 6.07) is 16.4. The molecule has 0 radical (unpaired) electrons. The highest BCUT2D eigenvalue weighted by Gasteiger charge is 2.26. The Labute approximate surface area is 155 Å². The van der Waals surface area contributed by atoms with Gasteiger partial charge in [-0.05, 0) is 36.2 Å². The standard InChI is InChI=1S/C21H16ClFO3/c1-2-26-21(25)19-17(24)12-16(13-6-4-3-5-7-13)20(23)18(19)14-8-10-15(22)11-9-14/h3-12,24H,2H2,1H3. The van der Waals surface area contributed by atoms with Crippen molar-refractivity contribution in [2.45, 2.75) is 6.92 Å². The van der Waals surface area contributed by atoms with E-state index in [1.54, 1.807) is 55.5 Å². The van der Waals surface area contributed by atoms with E-state index < -0.39 is 11.8 Å². The van der Waals surface area contributed by atoms with Crippen LogP contribution in [0.1, 0.15) is 17.3 Å². The van der Waals surface area contributed by atoms with Gasteiger partial charge in [0.2, 0.25) is 0 Å². The van der Waals surface area contributed by atoms with Crippen LogP contribution in [-0.4, -0.2) is 17.7 Å². The van der Waals surface area contributed by atoms with Crippen molar-refractivity contribution in [3.63, 3.8) is 0 Å². The average Bonchev–Trinajstić information content (AvgIpc) is 2.64. The SMILES string of the molecule is CCOC(=O)c1c(O)cc(-c2ccccc2)c(F)c1-c1ccc(Cl)cc1. The van der Waals surface area contributed by atoms with Crippen molar-refractivity contribution >= 4 is 17.6 Å². The summed E-state index contributed by atoms with van der Waals surface area (Å²) < 4.78 is 20.4. The minimum atomic E-state index is -0.784. The number of phenols is 1. The van der Waals surface area contributed by atoms with E-state index in [-0.39, 0.29) is 29.0 Å². The summed E-state index contributed by atoms with van der Waals surface area (Å²) >= 11 is 5.91. The monoisotopic (exact) mass is 370 g/mol. The van der Waals surface area contributed by atoms with Crippen molar-refractivity contribution in [1.29, 1.82) is 0 Å². The first-order valence-electron chi connectivity index (χ1n) is 8.07. The molecule has 0 aliphatic carbocycles. The largest absolute Gasteiger partial charge is 0.507 e. The molecule has 3 aromatic carbocycles. The van der Waals surface area contributed by atoms with Gasteiger partial charge in [0.15, 0.2) is 0 Å². The molecule has 3 rings (SSSR count). The Hall–Kier alpha value is -2.85. The topological polar surface area (TPSA) is 46.5 Å². The van der Waals surface area contributed by atoms with Crippen LogP contribution in [0.4, 0.5) is 4.39 Å². The molecular weight excluding hydrogens is 355 g/mol. The van der Waals surface area contributed by atoms with Crippen molar-refractivity contribution < 1.29 is 19.0 Å². The first-order chi connectivity index (χ1) is 12.5. The highest BCUT2D eigenvalue weighted by Crippen LogP contribution is 2.39. The van der Waals surface area contributed by atoms with Gasteiger partial charge in [-0.2, -0.15) is 0 Å². The fraction of sp³-hybridized carbons (Fsp3) is 0.0952. The van der Waals surface area contributed by atoms with Crippen LogP contribution >= 0.6 is 11.6 Å². The summed E-state index contributed by atoms with van der Waals surface area (Å²) in [6.45, 7) is 1.76. The average molecular weight is 371 g/mol. The number of benzene rings is 3. The number of aromatic hydroxyl groups is 1. The van der Waals surface area contributed by atoms with Gasteiger partial charge < -0.3 is 9.84 Å².